The number of benzene rings is 2. The van der Waals surface area contributed by atoms with Gasteiger partial charge in [-0.15, -0.1) is 0 Å². The van der Waals surface area contributed by atoms with Crippen LogP contribution in [0.4, 0.5) is 10.1 Å². The Morgan fingerprint density at radius 1 is 1.11 bits per heavy atom. The standard InChI is InChI=1S/C14H12Cl2FNO/c15-11-3-1-8(5-12(11)16)6-14(19)10-7-9(17)2-4-13(10)18/h1-5,7,14,19H,6,18H2. The van der Waals surface area contributed by atoms with Crippen molar-refractivity contribution in [1.82, 2.24) is 0 Å². The van der Waals surface area contributed by atoms with Crippen molar-refractivity contribution in [3.63, 3.8) is 0 Å². The van der Waals surface area contributed by atoms with Crippen molar-refractivity contribution < 1.29 is 9.50 Å². The van der Waals surface area contributed by atoms with E-state index < -0.39 is 11.9 Å². The predicted molar refractivity (Wildman–Crippen MR) is 75.9 cm³/mol. The summed E-state index contributed by atoms with van der Waals surface area (Å²) in [6.07, 6.45) is -0.613. The first-order chi connectivity index (χ1) is 8.97. The highest BCUT2D eigenvalue weighted by molar-refractivity contribution is 6.42. The van der Waals surface area contributed by atoms with Gasteiger partial charge in [0.25, 0.3) is 0 Å². The molecule has 0 spiro atoms. The number of rotatable bonds is 3. The van der Waals surface area contributed by atoms with Crippen molar-refractivity contribution in [3.05, 3.63) is 63.4 Å². The third kappa shape index (κ3) is 3.38. The molecule has 0 amide bonds. The molecule has 0 saturated heterocycles. The summed E-state index contributed by atoms with van der Waals surface area (Å²) in [5, 5.41) is 11.0. The Balaban J connectivity index is 2.22. The maximum absolute atomic E-state index is 13.2. The summed E-state index contributed by atoms with van der Waals surface area (Å²) in [5.74, 6) is -0.433. The first kappa shape index (κ1) is 14.1. The maximum Gasteiger partial charge on any atom is 0.123 e. The van der Waals surface area contributed by atoms with Crippen molar-refractivity contribution in [1.29, 1.82) is 0 Å². The first-order valence-electron chi connectivity index (χ1n) is 5.64. The molecular weight excluding hydrogens is 288 g/mol. The van der Waals surface area contributed by atoms with Gasteiger partial charge in [-0.25, -0.2) is 4.39 Å². The quantitative estimate of drug-likeness (QED) is 0.842. The molecule has 19 heavy (non-hydrogen) atoms. The lowest BCUT2D eigenvalue weighted by Crippen LogP contribution is -2.06. The molecule has 0 aromatic heterocycles. The monoisotopic (exact) mass is 299 g/mol. The number of anilines is 1. The highest BCUT2D eigenvalue weighted by atomic mass is 35.5. The smallest absolute Gasteiger partial charge is 0.123 e. The summed E-state index contributed by atoms with van der Waals surface area (Å²) >= 11 is 11.7. The van der Waals surface area contributed by atoms with Crippen LogP contribution in [-0.4, -0.2) is 5.11 Å². The van der Waals surface area contributed by atoms with E-state index in [1.54, 1.807) is 18.2 Å². The van der Waals surface area contributed by atoms with E-state index in [1.807, 2.05) is 0 Å². The fourth-order valence-corrected chi connectivity index (χ4v) is 2.15. The SMILES string of the molecule is Nc1ccc(F)cc1C(O)Cc1ccc(Cl)c(Cl)c1. The highest BCUT2D eigenvalue weighted by Gasteiger charge is 2.13. The van der Waals surface area contributed by atoms with E-state index in [2.05, 4.69) is 0 Å². The molecule has 0 radical (unpaired) electrons. The fourth-order valence-electron chi connectivity index (χ4n) is 1.83. The summed E-state index contributed by atoms with van der Waals surface area (Å²) in [6, 6.07) is 9.00. The van der Waals surface area contributed by atoms with Crippen molar-refractivity contribution in [2.75, 3.05) is 5.73 Å². The van der Waals surface area contributed by atoms with Gasteiger partial charge in [0.05, 0.1) is 16.1 Å². The molecule has 0 fully saturated rings. The number of nitrogen functional groups attached to an aromatic ring is 1. The lowest BCUT2D eigenvalue weighted by molar-refractivity contribution is 0.179. The van der Waals surface area contributed by atoms with Crippen LogP contribution in [0.3, 0.4) is 0 Å². The van der Waals surface area contributed by atoms with Crippen LogP contribution in [0.2, 0.25) is 10.0 Å². The van der Waals surface area contributed by atoms with Gasteiger partial charge in [-0.1, -0.05) is 29.3 Å². The van der Waals surface area contributed by atoms with Gasteiger partial charge in [0.1, 0.15) is 5.82 Å². The van der Waals surface area contributed by atoms with E-state index in [1.165, 1.54) is 18.2 Å². The van der Waals surface area contributed by atoms with Crippen LogP contribution in [0.1, 0.15) is 17.2 Å². The van der Waals surface area contributed by atoms with Gasteiger partial charge < -0.3 is 10.8 Å². The average Bonchev–Trinajstić information content (AvgIpc) is 2.36. The van der Waals surface area contributed by atoms with E-state index in [-0.39, 0.29) is 6.42 Å². The van der Waals surface area contributed by atoms with E-state index in [4.69, 9.17) is 28.9 Å². The molecular formula is C14H12Cl2FNO. The van der Waals surface area contributed by atoms with Crippen molar-refractivity contribution >= 4 is 28.9 Å². The zero-order chi connectivity index (χ0) is 14.0. The Morgan fingerprint density at radius 2 is 1.84 bits per heavy atom. The zero-order valence-corrected chi connectivity index (χ0v) is 11.4. The molecule has 2 aromatic carbocycles. The predicted octanol–water partition coefficient (Wildman–Crippen LogP) is 3.99. The van der Waals surface area contributed by atoms with Crippen LogP contribution in [0.5, 0.6) is 0 Å². The van der Waals surface area contributed by atoms with Crippen molar-refractivity contribution in [2.24, 2.45) is 0 Å². The van der Waals surface area contributed by atoms with Gasteiger partial charge in [0.15, 0.2) is 0 Å². The Kier molecular flexibility index (Phi) is 4.30. The van der Waals surface area contributed by atoms with E-state index in [9.17, 15) is 9.50 Å². The minimum absolute atomic E-state index is 0.282. The fraction of sp³-hybridized carbons (Fsp3) is 0.143. The van der Waals surface area contributed by atoms with E-state index in [0.717, 1.165) is 5.56 Å². The second kappa shape index (κ2) is 5.78. The van der Waals surface area contributed by atoms with Crippen LogP contribution in [0.15, 0.2) is 36.4 Å². The van der Waals surface area contributed by atoms with Crippen LogP contribution in [-0.2, 0) is 6.42 Å². The molecule has 3 N–H and O–H groups in total. The largest absolute Gasteiger partial charge is 0.398 e. The van der Waals surface area contributed by atoms with Crippen molar-refractivity contribution in [2.45, 2.75) is 12.5 Å². The normalized spacial score (nSPS) is 12.4. The summed E-state index contributed by atoms with van der Waals surface area (Å²) in [7, 11) is 0. The van der Waals surface area contributed by atoms with Crippen LogP contribution in [0, 0.1) is 5.82 Å². The lowest BCUT2D eigenvalue weighted by Gasteiger charge is -2.14. The summed E-state index contributed by atoms with van der Waals surface area (Å²) in [6.45, 7) is 0. The average molecular weight is 300 g/mol. The third-order valence-electron chi connectivity index (χ3n) is 2.82. The van der Waals surface area contributed by atoms with Crippen molar-refractivity contribution in [3.8, 4) is 0 Å². The Labute approximate surface area is 120 Å². The summed E-state index contributed by atoms with van der Waals surface area (Å²) < 4.78 is 13.2. The highest BCUT2D eigenvalue weighted by Crippen LogP contribution is 2.28. The Morgan fingerprint density at radius 3 is 2.53 bits per heavy atom. The minimum Gasteiger partial charge on any atom is -0.398 e. The number of halogens is 3. The first-order valence-corrected chi connectivity index (χ1v) is 6.40. The van der Waals surface area contributed by atoms with Gasteiger partial charge in [0, 0.05) is 17.7 Å². The number of aliphatic hydroxyl groups is 1. The second-order valence-corrected chi connectivity index (χ2v) is 5.06. The van der Waals surface area contributed by atoms with E-state index >= 15 is 0 Å². The van der Waals surface area contributed by atoms with Gasteiger partial charge in [-0.05, 0) is 35.9 Å². The molecule has 0 heterocycles. The Hall–Kier alpha value is -1.29. The molecule has 100 valence electrons. The van der Waals surface area contributed by atoms with Crippen LogP contribution < -0.4 is 5.73 Å². The number of nitrogens with two attached hydrogens (primary N) is 1. The molecule has 0 bridgehead atoms. The molecule has 2 nitrogen and oxygen atoms in total. The molecule has 0 aliphatic carbocycles. The van der Waals surface area contributed by atoms with Crippen LogP contribution in [0.25, 0.3) is 0 Å². The molecule has 2 rings (SSSR count). The molecule has 5 heteroatoms. The summed E-state index contributed by atoms with van der Waals surface area (Å²) in [4.78, 5) is 0. The molecule has 0 saturated carbocycles. The van der Waals surface area contributed by atoms with E-state index in [0.29, 0.717) is 21.3 Å². The zero-order valence-electron chi connectivity index (χ0n) is 9.91. The molecule has 1 unspecified atom stereocenters. The maximum atomic E-state index is 13.2. The number of aliphatic hydroxyl groups excluding tert-OH is 1. The topological polar surface area (TPSA) is 46.2 Å². The molecule has 0 aliphatic heterocycles. The number of hydrogen-bond acceptors (Lipinski definition) is 2. The van der Waals surface area contributed by atoms with Gasteiger partial charge in [-0.2, -0.15) is 0 Å². The molecule has 2 aromatic rings. The molecule has 1 atom stereocenters. The van der Waals surface area contributed by atoms with Gasteiger partial charge in [-0.3, -0.25) is 0 Å². The molecule has 0 aliphatic rings. The minimum atomic E-state index is -0.895. The third-order valence-corrected chi connectivity index (χ3v) is 3.56. The van der Waals surface area contributed by atoms with Crippen LogP contribution >= 0.6 is 23.2 Å². The Bertz CT molecular complexity index is 604. The van der Waals surface area contributed by atoms with Gasteiger partial charge >= 0.3 is 0 Å². The summed E-state index contributed by atoms with van der Waals surface area (Å²) in [5.41, 5.74) is 7.24. The lowest BCUT2D eigenvalue weighted by atomic mass is 10.00. The van der Waals surface area contributed by atoms with Gasteiger partial charge in [0.2, 0.25) is 0 Å². The number of hydrogen-bond donors (Lipinski definition) is 2. The second-order valence-electron chi connectivity index (χ2n) is 4.24.